The zero-order chi connectivity index (χ0) is 90.9. The van der Waals surface area contributed by atoms with Gasteiger partial charge in [-0.1, -0.05) is 461 Å². The van der Waals surface area contributed by atoms with Crippen LogP contribution in [0.15, 0.2) is 534 Å². The van der Waals surface area contributed by atoms with E-state index in [4.69, 9.17) is 0 Å². The quantitative estimate of drug-likeness (QED) is 0.103. The van der Waals surface area contributed by atoms with Crippen molar-refractivity contribution in [1.82, 2.24) is 9.13 Å². The molecule has 4 aliphatic carbocycles. The molecule has 2 heterocycles. The van der Waals surface area contributed by atoms with Gasteiger partial charge in [-0.05, 0) is 262 Å². The normalized spacial score (nSPS) is 14.1. The molecule has 24 aromatic rings. The summed E-state index contributed by atoms with van der Waals surface area (Å²) in [6.45, 7) is 0. The van der Waals surface area contributed by atoms with Crippen molar-refractivity contribution in [3.05, 3.63) is 612 Å². The van der Waals surface area contributed by atoms with Crippen LogP contribution in [0.25, 0.3) is 166 Å². The van der Waals surface area contributed by atoms with Gasteiger partial charge in [0.25, 0.3) is 0 Å². The van der Waals surface area contributed by atoms with Crippen molar-refractivity contribution in [2.75, 3.05) is 0 Å². The number of hydrogen-bond donors (Lipinski definition) is 0. The molecule has 0 radical (unpaired) electrons. The predicted octanol–water partition coefficient (Wildman–Crippen LogP) is 34.6. The van der Waals surface area contributed by atoms with Gasteiger partial charge in [0.15, 0.2) is 0 Å². The molecule has 2 atom stereocenters. The fraction of sp³-hybridized carbons (Fsp3) is 0.0294. The Kier molecular flexibility index (Phi) is 19.0. The van der Waals surface area contributed by atoms with E-state index in [0.717, 1.165) is 11.4 Å². The summed E-state index contributed by atoms with van der Waals surface area (Å²) in [4.78, 5) is 0. The highest BCUT2D eigenvalue weighted by molar-refractivity contribution is 6.20. The van der Waals surface area contributed by atoms with Gasteiger partial charge in [0.2, 0.25) is 0 Å². The molecule has 0 N–H and O–H groups in total. The van der Waals surface area contributed by atoms with Gasteiger partial charge in [0.1, 0.15) is 0 Å². The summed E-state index contributed by atoms with van der Waals surface area (Å²) in [5, 5.41) is 5.05. The zero-order valence-corrected chi connectivity index (χ0v) is 75.9. The second-order valence-electron chi connectivity index (χ2n) is 37.4. The first kappa shape index (κ1) is 80.1. The SMILES string of the molecule is c1ccc(-c2ccc(C3c4ccccc4-c4cc(-c5ccc6c(c5)c5c7c(ccc5n6-c5ccc(-c6ccccc6)cc5)-c5ccccc5C7(c5ccccc5)c5ccccc5)ccc43)cc2)cc1.c1ccc(-c2ccc(C3c4ccccc4-c4cc(-c5ccc6c(c5)c5c7c(ccc5n6-c5ccc(-c6ccccc6)cc5)C(c5ccccc5)(c5ccccc5)c5ccccc5-7)ccc43)cc2)cc1. The lowest BCUT2D eigenvalue weighted by Crippen LogP contribution is -2.28. The van der Waals surface area contributed by atoms with Crippen LogP contribution in [0.5, 0.6) is 0 Å². The third-order valence-corrected chi connectivity index (χ3v) is 30.4. The molecule has 22 aromatic carbocycles. The van der Waals surface area contributed by atoms with Crippen molar-refractivity contribution in [2.24, 2.45) is 0 Å². The zero-order valence-electron chi connectivity index (χ0n) is 75.9. The van der Waals surface area contributed by atoms with Crippen LogP contribution in [0, 0.1) is 0 Å². The minimum absolute atomic E-state index is 0.164. The van der Waals surface area contributed by atoms with E-state index in [1.54, 1.807) is 0 Å². The molecule has 0 aliphatic heterocycles. The minimum atomic E-state index is -0.564. The molecule has 0 fully saturated rings. The molecule has 2 unspecified atom stereocenters. The largest absolute Gasteiger partial charge is 0.309 e. The molecule has 0 saturated heterocycles. The van der Waals surface area contributed by atoms with Gasteiger partial charge in [0.05, 0.1) is 32.9 Å². The number of fused-ring (bicyclic) bond motifs is 20. The van der Waals surface area contributed by atoms with Crippen molar-refractivity contribution < 1.29 is 0 Å². The van der Waals surface area contributed by atoms with Crippen LogP contribution in [-0.2, 0) is 10.8 Å². The first-order chi connectivity index (χ1) is 68.5. The van der Waals surface area contributed by atoms with Crippen molar-refractivity contribution >= 4 is 43.6 Å². The minimum Gasteiger partial charge on any atom is -0.309 e. The van der Waals surface area contributed by atoms with E-state index in [1.807, 2.05) is 0 Å². The van der Waals surface area contributed by atoms with E-state index < -0.39 is 10.8 Å². The van der Waals surface area contributed by atoms with Crippen LogP contribution in [0.4, 0.5) is 0 Å². The molecular formula is C136H90N2. The fourth-order valence-corrected chi connectivity index (χ4v) is 24.4. The Labute approximate surface area is 804 Å². The Balaban J connectivity index is 0.000000139. The van der Waals surface area contributed by atoms with Crippen LogP contribution in [0.3, 0.4) is 0 Å². The smallest absolute Gasteiger partial charge is 0.0720 e. The molecule has 4 aliphatic rings. The van der Waals surface area contributed by atoms with Crippen molar-refractivity contribution in [2.45, 2.75) is 22.7 Å². The summed E-state index contributed by atoms with van der Waals surface area (Å²) in [5.41, 5.74) is 49.5. The van der Waals surface area contributed by atoms with Gasteiger partial charge >= 0.3 is 0 Å². The molecular weight excluding hydrogens is 1660 g/mol. The monoisotopic (exact) mass is 1750 g/mol. The van der Waals surface area contributed by atoms with Gasteiger partial charge in [-0.15, -0.1) is 0 Å². The Hall–Kier alpha value is -17.6. The summed E-state index contributed by atoms with van der Waals surface area (Å²) in [7, 11) is 0. The molecule has 0 bridgehead atoms. The second-order valence-corrected chi connectivity index (χ2v) is 37.4. The fourth-order valence-electron chi connectivity index (χ4n) is 24.4. The Morgan fingerprint density at radius 2 is 0.457 bits per heavy atom. The lowest BCUT2D eigenvalue weighted by Gasteiger charge is -2.34. The van der Waals surface area contributed by atoms with Gasteiger partial charge in [-0.2, -0.15) is 0 Å². The van der Waals surface area contributed by atoms with E-state index in [-0.39, 0.29) is 11.8 Å². The number of benzene rings is 22. The molecule has 644 valence electrons. The van der Waals surface area contributed by atoms with Gasteiger partial charge in [-0.3, -0.25) is 0 Å². The molecule has 138 heavy (non-hydrogen) atoms. The van der Waals surface area contributed by atoms with Crippen molar-refractivity contribution in [3.63, 3.8) is 0 Å². The average molecular weight is 1750 g/mol. The molecule has 0 amide bonds. The van der Waals surface area contributed by atoms with E-state index in [0.29, 0.717) is 0 Å². The average Bonchev–Trinajstić information content (AvgIpc) is 1.51. The first-order valence-corrected chi connectivity index (χ1v) is 48.2. The van der Waals surface area contributed by atoms with Crippen LogP contribution in [-0.4, -0.2) is 9.13 Å². The molecule has 0 saturated carbocycles. The predicted molar refractivity (Wildman–Crippen MR) is 574 cm³/mol. The highest BCUT2D eigenvalue weighted by atomic mass is 15.0. The summed E-state index contributed by atoms with van der Waals surface area (Å²) >= 11 is 0. The summed E-state index contributed by atoms with van der Waals surface area (Å²) in [6, 6.07) is 199. The molecule has 2 aromatic heterocycles. The Morgan fingerprint density at radius 1 is 0.167 bits per heavy atom. The van der Waals surface area contributed by atoms with E-state index in [2.05, 4.69) is 543 Å². The third kappa shape index (κ3) is 12.6. The first-order valence-electron chi connectivity index (χ1n) is 48.2. The Morgan fingerprint density at radius 3 is 0.877 bits per heavy atom. The Bertz CT molecular complexity index is 8770. The standard InChI is InChI=1S/2C68H45N/c1-5-17-45(18-6-1)47-29-31-49(32-30-47)65-57-27-14-13-25-55(57)60-43-50(35-39-58(60)65)51-36-41-63-61(44-51)66-64(69(63)54-37-33-48(34-38-54)46-19-7-2-8-20-46)42-40-59-56-26-15-16-28-62(56)68(67(59)66,52-21-9-3-10-22-52)53-23-11-4-12-24-53;1-5-17-45(18-6-1)47-29-31-49(32-30-47)65-56-26-14-13-25-55(56)59-43-50(35-39-57(59)65)51-36-41-63-60(44-51)67-64(69(63)54-37-33-48(34-38-54)46-19-7-2-8-20-46)42-40-62-66(67)58-27-15-16-28-61(58)68(62,52-21-9-3-10-22-52)53-23-11-4-12-24-53/h2*1-44,65H. The maximum absolute atomic E-state index is 2.50. The lowest BCUT2D eigenvalue weighted by molar-refractivity contribution is 0.769. The van der Waals surface area contributed by atoms with Crippen molar-refractivity contribution in [3.8, 4) is 123 Å². The molecule has 2 nitrogen and oxygen atoms in total. The molecule has 28 rings (SSSR count). The molecule has 0 spiro atoms. The summed E-state index contributed by atoms with van der Waals surface area (Å²) < 4.78 is 4.99. The van der Waals surface area contributed by atoms with Crippen LogP contribution >= 0.6 is 0 Å². The van der Waals surface area contributed by atoms with E-state index in [9.17, 15) is 0 Å². The van der Waals surface area contributed by atoms with Gasteiger partial charge in [0, 0.05) is 44.8 Å². The maximum Gasteiger partial charge on any atom is 0.0720 e. The summed E-state index contributed by atoms with van der Waals surface area (Å²) in [5.74, 6) is 0.332. The topological polar surface area (TPSA) is 9.86 Å². The highest BCUT2D eigenvalue weighted by Crippen LogP contribution is 2.63. The lowest BCUT2D eigenvalue weighted by atomic mass is 9.67. The number of nitrogens with zero attached hydrogens (tertiary/aromatic N) is 2. The van der Waals surface area contributed by atoms with Crippen LogP contribution < -0.4 is 0 Å². The van der Waals surface area contributed by atoms with Crippen molar-refractivity contribution in [1.29, 1.82) is 0 Å². The van der Waals surface area contributed by atoms with Crippen LogP contribution in [0.1, 0.15) is 89.7 Å². The highest BCUT2D eigenvalue weighted by Gasteiger charge is 2.50. The number of rotatable bonds is 14. The maximum atomic E-state index is 2.50. The number of aromatic nitrogens is 2. The van der Waals surface area contributed by atoms with E-state index >= 15 is 0 Å². The van der Waals surface area contributed by atoms with Gasteiger partial charge < -0.3 is 9.13 Å². The van der Waals surface area contributed by atoms with Crippen LogP contribution in [0.2, 0.25) is 0 Å². The second kappa shape index (κ2) is 32.7. The van der Waals surface area contributed by atoms with Gasteiger partial charge in [-0.25, -0.2) is 0 Å². The number of hydrogen-bond acceptors (Lipinski definition) is 0. The summed E-state index contributed by atoms with van der Waals surface area (Å²) in [6.07, 6.45) is 0. The van der Waals surface area contributed by atoms with E-state index in [1.165, 1.54) is 233 Å². The third-order valence-electron chi connectivity index (χ3n) is 30.4. The molecule has 2 heteroatoms.